The summed E-state index contributed by atoms with van der Waals surface area (Å²) in [4.78, 5) is 0. The maximum atomic E-state index is 9.53. The van der Waals surface area contributed by atoms with Gasteiger partial charge in [-0.1, -0.05) is 0 Å². The smallest absolute Gasteiger partial charge is 0.0793 e. The van der Waals surface area contributed by atoms with Crippen LogP contribution in [0.25, 0.3) is 0 Å². The third-order valence-electron chi connectivity index (χ3n) is 2.09. The fourth-order valence-corrected chi connectivity index (χ4v) is 0.836. The van der Waals surface area contributed by atoms with Gasteiger partial charge in [0, 0.05) is 0 Å². The molecule has 0 saturated heterocycles. The van der Waals surface area contributed by atoms with E-state index in [0.717, 1.165) is 0 Å². The summed E-state index contributed by atoms with van der Waals surface area (Å²) in [6.07, 6.45) is 0.410. The highest BCUT2D eigenvalue weighted by molar-refractivity contribution is 4.97. The quantitative estimate of drug-likeness (QED) is 0.417. The van der Waals surface area contributed by atoms with Crippen molar-refractivity contribution in [2.45, 2.75) is 31.4 Å². The molecule has 0 aliphatic heterocycles. The van der Waals surface area contributed by atoms with Crippen molar-refractivity contribution in [3.05, 3.63) is 0 Å². The van der Waals surface area contributed by atoms with Crippen LogP contribution >= 0.6 is 0 Å². The maximum Gasteiger partial charge on any atom is 0.0793 e. The van der Waals surface area contributed by atoms with Crippen LogP contribution in [0.3, 0.4) is 0 Å². The van der Waals surface area contributed by atoms with E-state index in [2.05, 4.69) is 0 Å². The highest BCUT2D eigenvalue weighted by Gasteiger charge is 2.38. The molecule has 1 atom stereocenters. The summed E-state index contributed by atoms with van der Waals surface area (Å²) in [6.45, 7) is 3.24. The van der Waals surface area contributed by atoms with Gasteiger partial charge in [-0.3, -0.25) is 0 Å². The zero-order chi connectivity index (χ0) is 9.12. The van der Waals surface area contributed by atoms with E-state index in [1.54, 1.807) is 13.8 Å². The Balaban J connectivity index is 4.33. The number of nitrogens with two attached hydrogens (primary N) is 2. The van der Waals surface area contributed by atoms with Crippen molar-refractivity contribution in [2.24, 2.45) is 11.5 Å². The van der Waals surface area contributed by atoms with Crippen LogP contribution in [-0.4, -0.2) is 34.5 Å². The van der Waals surface area contributed by atoms with Gasteiger partial charge in [-0.2, -0.15) is 0 Å². The minimum absolute atomic E-state index is 0.256. The predicted molar refractivity (Wildman–Crippen MR) is 44.0 cm³/mol. The molecule has 68 valence electrons. The third-order valence-corrected chi connectivity index (χ3v) is 2.09. The molecule has 4 heteroatoms. The Kier molecular flexibility index (Phi) is 3.44. The van der Waals surface area contributed by atoms with Gasteiger partial charge in [-0.05, 0) is 26.8 Å². The Morgan fingerprint density at radius 2 is 1.82 bits per heavy atom. The van der Waals surface area contributed by atoms with Gasteiger partial charge in [0.25, 0.3) is 0 Å². The minimum atomic E-state index is -1.10. The van der Waals surface area contributed by atoms with Crippen molar-refractivity contribution in [1.82, 2.24) is 0 Å². The van der Waals surface area contributed by atoms with E-state index in [9.17, 15) is 5.11 Å². The highest BCUT2D eigenvalue weighted by Crippen LogP contribution is 2.21. The number of hydrogen-bond acceptors (Lipinski definition) is 4. The first-order valence-corrected chi connectivity index (χ1v) is 3.69. The van der Waals surface area contributed by atoms with Gasteiger partial charge in [-0.15, -0.1) is 0 Å². The molecule has 0 heterocycles. The molecule has 0 aromatic heterocycles. The zero-order valence-corrected chi connectivity index (χ0v) is 7.17. The molecular weight excluding hydrogens is 144 g/mol. The van der Waals surface area contributed by atoms with Gasteiger partial charge in [0.15, 0.2) is 0 Å². The van der Waals surface area contributed by atoms with Crippen LogP contribution in [0.2, 0.25) is 0 Å². The molecule has 0 radical (unpaired) electrons. The van der Waals surface area contributed by atoms with E-state index in [4.69, 9.17) is 16.6 Å². The first-order chi connectivity index (χ1) is 4.87. The lowest BCUT2D eigenvalue weighted by Gasteiger charge is -2.38. The summed E-state index contributed by atoms with van der Waals surface area (Å²) in [5, 5.41) is 18.4. The summed E-state index contributed by atoms with van der Waals surface area (Å²) in [6, 6.07) is 0. The Hall–Kier alpha value is -0.160. The lowest BCUT2D eigenvalue weighted by Crippen LogP contribution is -2.60. The maximum absolute atomic E-state index is 9.53. The molecule has 0 spiro atoms. The Labute approximate surface area is 67.2 Å². The van der Waals surface area contributed by atoms with Gasteiger partial charge in [-0.25, -0.2) is 0 Å². The second kappa shape index (κ2) is 3.49. The molecule has 11 heavy (non-hydrogen) atoms. The molecule has 0 bridgehead atoms. The lowest BCUT2D eigenvalue weighted by molar-refractivity contribution is -0.0318. The van der Waals surface area contributed by atoms with Crippen molar-refractivity contribution < 1.29 is 10.2 Å². The van der Waals surface area contributed by atoms with Crippen LogP contribution in [0.1, 0.15) is 20.3 Å². The molecule has 0 rings (SSSR count). The zero-order valence-electron chi connectivity index (χ0n) is 7.17. The average molecular weight is 162 g/mol. The monoisotopic (exact) mass is 162 g/mol. The topological polar surface area (TPSA) is 92.5 Å². The van der Waals surface area contributed by atoms with E-state index in [0.29, 0.717) is 13.0 Å². The molecule has 1 unspecified atom stereocenters. The van der Waals surface area contributed by atoms with Crippen LogP contribution in [0.5, 0.6) is 0 Å². The second-order valence-electron chi connectivity index (χ2n) is 3.41. The first-order valence-electron chi connectivity index (χ1n) is 3.69. The van der Waals surface area contributed by atoms with Crippen LogP contribution in [-0.2, 0) is 0 Å². The van der Waals surface area contributed by atoms with Gasteiger partial charge in [0.05, 0.1) is 17.7 Å². The third kappa shape index (κ3) is 2.41. The van der Waals surface area contributed by atoms with Gasteiger partial charge in [0.2, 0.25) is 0 Å². The summed E-state index contributed by atoms with van der Waals surface area (Å²) in [7, 11) is 0. The fourth-order valence-electron chi connectivity index (χ4n) is 0.836. The van der Waals surface area contributed by atoms with Gasteiger partial charge < -0.3 is 21.7 Å². The second-order valence-corrected chi connectivity index (χ2v) is 3.41. The largest absolute Gasteiger partial charge is 0.394 e. The van der Waals surface area contributed by atoms with Crippen molar-refractivity contribution in [2.75, 3.05) is 13.2 Å². The van der Waals surface area contributed by atoms with Crippen molar-refractivity contribution in [1.29, 1.82) is 0 Å². The summed E-state index contributed by atoms with van der Waals surface area (Å²) < 4.78 is 0. The molecule has 0 saturated carbocycles. The SMILES string of the molecule is CC(C)(O)C(N)(CO)CCN. The number of rotatable bonds is 4. The minimum Gasteiger partial charge on any atom is -0.394 e. The van der Waals surface area contributed by atoms with E-state index < -0.39 is 11.1 Å². The molecule has 0 aromatic rings. The molecule has 0 amide bonds. The molecule has 0 aliphatic rings. The molecule has 0 aliphatic carbocycles. The van der Waals surface area contributed by atoms with Crippen molar-refractivity contribution >= 4 is 0 Å². The Bertz CT molecular complexity index is 122. The van der Waals surface area contributed by atoms with Gasteiger partial charge >= 0.3 is 0 Å². The lowest BCUT2D eigenvalue weighted by atomic mass is 9.81. The standard InChI is InChI=1S/C7H18N2O2/c1-6(2,11)7(9,5-10)3-4-8/h10-11H,3-5,8-9H2,1-2H3. The Morgan fingerprint density at radius 1 is 1.36 bits per heavy atom. The predicted octanol–water partition coefficient (Wildman–Crippen LogP) is -1.20. The van der Waals surface area contributed by atoms with E-state index >= 15 is 0 Å². The van der Waals surface area contributed by atoms with E-state index in [-0.39, 0.29) is 6.61 Å². The highest BCUT2D eigenvalue weighted by atomic mass is 16.3. The van der Waals surface area contributed by atoms with Crippen LogP contribution in [0, 0.1) is 0 Å². The fraction of sp³-hybridized carbons (Fsp3) is 1.00. The average Bonchev–Trinajstić information content (AvgIpc) is 1.86. The Morgan fingerprint density at radius 3 is 1.91 bits per heavy atom. The number of aliphatic hydroxyl groups excluding tert-OH is 1. The molecular formula is C7H18N2O2. The molecule has 6 N–H and O–H groups in total. The normalized spacial score (nSPS) is 18.0. The summed E-state index contributed by atoms with van der Waals surface area (Å²) >= 11 is 0. The van der Waals surface area contributed by atoms with E-state index in [1.807, 2.05) is 0 Å². The number of aliphatic hydroxyl groups is 2. The van der Waals surface area contributed by atoms with Gasteiger partial charge in [0.1, 0.15) is 0 Å². The van der Waals surface area contributed by atoms with Crippen molar-refractivity contribution in [3.63, 3.8) is 0 Å². The van der Waals surface area contributed by atoms with Crippen molar-refractivity contribution in [3.8, 4) is 0 Å². The van der Waals surface area contributed by atoms with Crippen LogP contribution < -0.4 is 11.5 Å². The van der Waals surface area contributed by atoms with E-state index in [1.165, 1.54) is 0 Å². The van der Waals surface area contributed by atoms with Crippen LogP contribution in [0.15, 0.2) is 0 Å². The first kappa shape index (κ1) is 10.8. The molecule has 4 nitrogen and oxygen atoms in total. The summed E-state index contributed by atoms with van der Waals surface area (Å²) in [5.41, 5.74) is 8.91. The summed E-state index contributed by atoms with van der Waals surface area (Å²) in [5.74, 6) is 0. The number of hydrogen-bond donors (Lipinski definition) is 4. The molecule has 0 aromatic carbocycles. The molecule has 0 fully saturated rings. The van der Waals surface area contributed by atoms with Crippen LogP contribution in [0.4, 0.5) is 0 Å².